The molecule has 4 rings (SSSR count). The number of nitrogens with one attached hydrogen (secondary N) is 1. The van der Waals surface area contributed by atoms with E-state index in [0.717, 1.165) is 21.3 Å². The average molecular weight is 460 g/mol. The molecule has 1 amide bonds. The molecule has 0 aliphatic carbocycles. The average Bonchev–Trinajstić information content (AvgIpc) is 3.10. The van der Waals surface area contributed by atoms with Gasteiger partial charge in [0.1, 0.15) is 5.82 Å². The van der Waals surface area contributed by atoms with E-state index in [-0.39, 0.29) is 17.4 Å². The van der Waals surface area contributed by atoms with Gasteiger partial charge in [-0.1, -0.05) is 34.1 Å². The second-order valence-electron chi connectivity index (χ2n) is 6.90. The lowest BCUT2D eigenvalue weighted by Gasteiger charge is -2.14. The largest absolute Gasteiger partial charge is 0.306 e. The predicted octanol–water partition coefficient (Wildman–Crippen LogP) is 3.93. The smallest absolute Gasteiger partial charge is 0.256 e. The fourth-order valence-electron chi connectivity index (χ4n) is 3.32. The van der Waals surface area contributed by atoms with Crippen LogP contribution in [0.25, 0.3) is 5.69 Å². The molecule has 0 saturated heterocycles. The number of benzene rings is 2. The minimum atomic E-state index is -3.24. The highest BCUT2D eigenvalue weighted by molar-refractivity contribution is 9.10. The van der Waals surface area contributed by atoms with Crippen molar-refractivity contribution in [2.45, 2.75) is 25.4 Å². The van der Waals surface area contributed by atoms with Gasteiger partial charge in [0.25, 0.3) is 5.91 Å². The van der Waals surface area contributed by atoms with Crippen LogP contribution in [-0.2, 0) is 21.3 Å². The Morgan fingerprint density at radius 3 is 2.64 bits per heavy atom. The second kappa shape index (κ2) is 6.86. The SMILES string of the molecule is Cc1cccc(-n2nc3c(c2NC(=O)c2cccc(Br)c2)CS(=O)(=O)C3)c1C. The lowest BCUT2D eigenvalue weighted by molar-refractivity contribution is 0.102. The highest BCUT2D eigenvalue weighted by atomic mass is 79.9. The molecule has 144 valence electrons. The number of aryl methyl sites for hydroxylation is 1. The Labute approximate surface area is 171 Å². The molecule has 2 heterocycles. The molecule has 2 aromatic carbocycles. The third-order valence-electron chi connectivity index (χ3n) is 4.91. The van der Waals surface area contributed by atoms with Crippen molar-refractivity contribution < 1.29 is 13.2 Å². The summed E-state index contributed by atoms with van der Waals surface area (Å²) in [5.74, 6) is -0.143. The van der Waals surface area contributed by atoms with Crippen molar-refractivity contribution in [1.29, 1.82) is 0 Å². The van der Waals surface area contributed by atoms with Gasteiger partial charge in [0.05, 0.1) is 22.9 Å². The normalized spacial score (nSPS) is 14.7. The summed E-state index contributed by atoms with van der Waals surface area (Å²) in [7, 11) is -3.24. The first-order valence-electron chi connectivity index (χ1n) is 8.70. The number of nitrogens with zero attached hydrogens (tertiary/aromatic N) is 2. The van der Waals surface area contributed by atoms with Crippen LogP contribution in [0, 0.1) is 13.8 Å². The quantitative estimate of drug-likeness (QED) is 0.642. The Balaban J connectivity index is 1.83. The van der Waals surface area contributed by atoms with Crippen LogP contribution < -0.4 is 5.32 Å². The van der Waals surface area contributed by atoms with Crippen LogP contribution >= 0.6 is 15.9 Å². The molecule has 0 spiro atoms. The van der Waals surface area contributed by atoms with E-state index in [1.807, 2.05) is 38.1 Å². The highest BCUT2D eigenvalue weighted by Gasteiger charge is 2.33. The number of amides is 1. The minimum Gasteiger partial charge on any atom is -0.306 e. The molecule has 1 aliphatic heterocycles. The van der Waals surface area contributed by atoms with Crippen LogP contribution in [0.2, 0.25) is 0 Å². The van der Waals surface area contributed by atoms with Gasteiger partial charge in [-0.2, -0.15) is 5.10 Å². The Morgan fingerprint density at radius 2 is 1.89 bits per heavy atom. The molecule has 8 heteroatoms. The van der Waals surface area contributed by atoms with Crippen molar-refractivity contribution in [1.82, 2.24) is 9.78 Å². The maximum Gasteiger partial charge on any atom is 0.256 e. The van der Waals surface area contributed by atoms with Crippen molar-refractivity contribution in [3.05, 3.63) is 74.9 Å². The van der Waals surface area contributed by atoms with Crippen LogP contribution in [0.1, 0.15) is 32.7 Å². The summed E-state index contributed by atoms with van der Waals surface area (Å²) in [5.41, 5.74) is 4.44. The summed E-state index contributed by atoms with van der Waals surface area (Å²) in [6, 6.07) is 12.9. The molecule has 0 fully saturated rings. The molecule has 0 atom stereocenters. The molecule has 6 nitrogen and oxygen atoms in total. The van der Waals surface area contributed by atoms with Gasteiger partial charge < -0.3 is 5.32 Å². The number of aromatic nitrogens is 2. The van der Waals surface area contributed by atoms with Gasteiger partial charge in [0, 0.05) is 15.6 Å². The van der Waals surface area contributed by atoms with Gasteiger partial charge in [-0.3, -0.25) is 4.79 Å². The number of sulfone groups is 1. The monoisotopic (exact) mass is 459 g/mol. The number of fused-ring (bicyclic) bond motifs is 1. The Morgan fingerprint density at radius 1 is 1.14 bits per heavy atom. The number of rotatable bonds is 3. The van der Waals surface area contributed by atoms with Crippen molar-refractivity contribution in [2.75, 3.05) is 5.32 Å². The van der Waals surface area contributed by atoms with E-state index in [1.165, 1.54) is 0 Å². The van der Waals surface area contributed by atoms with Crippen molar-refractivity contribution in [3.8, 4) is 5.69 Å². The van der Waals surface area contributed by atoms with Crippen LogP contribution in [0.4, 0.5) is 5.82 Å². The summed E-state index contributed by atoms with van der Waals surface area (Å²) in [5, 5.41) is 7.43. The van der Waals surface area contributed by atoms with E-state index in [4.69, 9.17) is 0 Å². The molecule has 1 aromatic heterocycles. The number of carbonyl (C=O) groups excluding carboxylic acids is 1. The first-order chi connectivity index (χ1) is 13.2. The Hall–Kier alpha value is -2.45. The first kappa shape index (κ1) is 18.9. The standard InChI is InChI=1S/C20H18BrN3O3S/c1-12-5-3-8-18(13(12)2)24-19(16-10-28(26,27)11-17(16)23-24)22-20(25)14-6-4-7-15(21)9-14/h3-9H,10-11H2,1-2H3,(H,22,25). The highest BCUT2D eigenvalue weighted by Crippen LogP contribution is 2.34. The molecular formula is C20H18BrN3O3S. The zero-order chi connectivity index (χ0) is 20.1. The molecular weight excluding hydrogens is 442 g/mol. The molecule has 3 aromatic rings. The lowest BCUT2D eigenvalue weighted by atomic mass is 10.1. The maximum absolute atomic E-state index is 12.8. The van der Waals surface area contributed by atoms with E-state index in [1.54, 1.807) is 22.9 Å². The number of hydrogen-bond acceptors (Lipinski definition) is 4. The van der Waals surface area contributed by atoms with E-state index in [9.17, 15) is 13.2 Å². The van der Waals surface area contributed by atoms with Crippen molar-refractivity contribution >= 4 is 37.5 Å². The molecule has 28 heavy (non-hydrogen) atoms. The van der Waals surface area contributed by atoms with E-state index in [2.05, 4.69) is 26.3 Å². The fraction of sp³-hybridized carbons (Fsp3) is 0.200. The zero-order valence-corrected chi connectivity index (χ0v) is 17.8. The molecule has 0 unspecified atom stereocenters. The second-order valence-corrected chi connectivity index (χ2v) is 9.88. The summed E-state index contributed by atoms with van der Waals surface area (Å²) < 4.78 is 26.6. The lowest BCUT2D eigenvalue weighted by Crippen LogP contribution is -2.17. The minimum absolute atomic E-state index is 0.111. The van der Waals surface area contributed by atoms with Gasteiger partial charge in [-0.15, -0.1) is 0 Å². The molecule has 0 radical (unpaired) electrons. The van der Waals surface area contributed by atoms with Crippen LogP contribution in [-0.4, -0.2) is 24.1 Å². The Kier molecular flexibility index (Phi) is 4.63. The summed E-state index contributed by atoms with van der Waals surface area (Å²) in [6.07, 6.45) is 0. The number of halogens is 1. The van der Waals surface area contributed by atoms with E-state index < -0.39 is 9.84 Å². The van der Waals surface area contributed by atoms with E-state index in [0.29, 0.717) is 22.6 Å². The van der Waals surface area contributed by atoms with Gasteiger partial charge in [-0.05, 0) is 49.2 Å². The number of carbonyl (C=O) groups is 1. The predicted molar refractivity (Wildman–Crippen MR) is 111 cm³/mol. The van der Waals surface area contributed by atoms with Crippen molar-refractivity contribution in [3.63, 3.8) is 0 Å². The third kappa shape index (κ3) is 3.38. The molecule has 1 N–H and O–H groups in total. The van der Waals surface area contributed by atoms with Gasteiger partial charge in [-0.25, -0.2) is 13.1 Å². The molecule has 1 aliphatic rings. The summed E-state index contributed by atoms with van der Waals surface area (Å²) in [6.45, 7) is 3.98. The molecule has 0 bridgehead atoms. The maximum atomic E-state index is 12.8. The van der Waals surface area contributed by atoms with Crippen LogP contribution in [0.3, 0.4) is 0 Å². The fourth-order valence-corrected chi connectivity index (χ4v) is 5.21. The van der Waals surface area contributed by atoms with Crippen LogP contribution in [0.15, 0.2) is 46.9 Å². The molecule has 0 saturated carbocycles. The zero-order valence-electron chi connectivity index (χ0n) is 15.4. The van der Waals surface area contributed by atoms with Crippen molar-refractivity contribution in [2.24, 2.45) is 0 Å². The van der Waals surface area contributed by atoms with Gasteiger partial charge in [0.15, 0.2) is 9.84 Å². The number of anilines is 1. The Bertz CT molecular complexity index is 1220. The van der Waals surface area contributed by atoms with Gasteiger partial charge >= 0.3 is 0 Å². The van der Waals surface area contributed by atoms with Crippen LogP contribution in [0.5, 0.6) is 0 Å². The number of hydrogen-bond donors (Lipinski definition) is 1. The van der Waals surface area contributed by atoms with Gasteiger partial charge in [0.2, 0.25) is 0 Å². The third-order valence-corrected chi connectivity index (χ3v) is 6.85. The first-order valence-corrected chi connectivity index (χ1v) is 11.3. The summed E-state index contributed by atoms with van der Waals surface area (Å²) in [4.78, 5) is 12.8. The summed E-state index contributed by atoms with van der Waals surface area (Å²) >= 11 is 3.36. The van der Waals surface area contributed by atoms with E-state index >= 15 is 0 Å². The topological polar surface area (TPSA) is 81.1 Å².